The third-order valence-electron chi connectivity index (χ3n) is 3.01. The molecule has 1 heterocycles. The Bertz CT molecular complexity index is 750. The largest absolute Gasteiger partial charge is 0.490 e. The van der Waals surface area contributed by atoms with Gasteiger partial charge in [0.1, 0.15) is 17.4 Å². The number of carbonyl (C=O) groups excluding carboxylic acids is 1. The molecule has 0 bridgehead atoms. The van der Waals surface area contributed by atoms with E-state index >= 15 is 0 Å². The quantitative estimate of drug-likeness (QED) is 0.459. The Morgan fingerprint density at radius 1 is 1.32 bits per heavy atom. The first kappa shape index (κ1) is 16.0. The van der Waals surface area contributed by atoms with Crippen molar-refractivity contribution in [3.63, 3.8) is 0 Å². The van der Waals surface area contributed by atoms with Gasteiger partial charge in [0.2, 0.25) is 5.78 Å². The van der Waals surface area contributed by atoms with E-state index in [1.54, 1.807) is 6.08 Å². The highest BCUT2D eigenvalue weighted by Gasteiger charge is 2.16. The van der Waals surface area contributed by atoms with Gasteiger partial charge in [-0.25, -0.2) is 0 Å². The van der Waals surface area contributed by atoms with E-state index in [0.717, 1.165) is 11.1 Å². The molecule has 0 saturated carbocycles. The number of thiophene rings is 1. The average molecular weight is 311 g/mol. The van der Waals surface area contributed by atoms with Crippen LogP contribution in [-0.2, 0) is 0 Å². The van der Waals surface area contributed by atoms with Gasteiger partial charge in [-0.05, 0) is 49.9 Å². The SMILES string of the molecule is Cc1ccsc1C(=O)C(C#N)=Cc1ccccc1OC(C)C. The topological polar surface area (TPSA) is 50.1 Å². The lowest BCUT2D eigenvalue weighted by Gasteiger charge is -2.12. The van der Waals surface area contributed by atoms with Crippen molar-refractivity contribution in [3.8, 4) is 11.8 Å². The molecule has 0 aliphatic heterocycles. The number of Topliss-reactive ketones (excluding diaryl/α,β-unsaturated/α-hetero) is 1. The normalized spacial score (nSPS) is 11.3. The highest BCUT2D eigenvalue weighted by atomic mass is 32.1. The maximum atomic E-state index is 12.5. The van der Waals surface area contributed by atoms with Crippen LogP contribution in [0.2, 0.25) is 0 Å². The molecule has 22 heavy (non-hydrogen) atoms. The summed E-state index contributed by atoms with van der Waals surface area (Å²) in [5, 5.41) is 11.2. The van der Waals surface area contributed by atoms with Crippen LogP contribution in [0.15, 0.2) is 41.3 Å². The van der Waals surface area contributed by atoms with Gasteiger partial charge in [-0.1, -0.05) is 18.2 Å². The summed E-state index contributed by atoms with van der Waals surface area (Å²) < 4.78 is 5.72. The van der Waals surface area contributed by atoms with Gasteiger partial charge in [0, 0.05) is 5.56 Å². The van der Waals surface area contributed by atoms with E-state index in [0.29, 0.717) is 10.6 Å². The minimum absolute atomic E-state index is 0.0235. The van der Waals surface area contributed by atoms with Crippen molar-refractivity contribution in [1.29, 1.82) is 5.26 Å². The molecule has 0 fully saturated rings. The van der Waals surface area contributed by atoms with Crippen LogP contribution in [0.25, 0.3) is 6.08 Å². The highest BCUT2D eigenvalue weighted by molar-refractivity contribution is 7.12. The number of allylic oxidation sites excluding steroid dienone is 1. The predicted molar refractivity (Wildman–Crippen MR) is 89.2 cm³/mol. The monoisotopic (exact) mass is 311 g/mol. The zero-order valence-corrected chi connectivity index (χ0v) is 13.6. The van der Waals surface area contributed by atoms with Crippen molar-refractivity contribution in [2.75, 3.05) is 0 Å². The molecule has 0 spiro atoms. The van der Waals surface area contributed by atoms with E-state index in [1.165, 1.54) is 11.3 Å². The van der Waals surface area contributed by atoms with Crippen molar-refractivity contribution < 1.29 is 9.53 Å². The molecule has 1 aromatic heterocycles. The van der Waals surface area contributed by atoms with E-state index < -0.39 is 0 Å². The third-order valence-corrected chi connectivity index (χ3v) is 4.03. The molecular weight excluding hydrogens is 294 g/mol. The Kier molecular flexibility index (Phi) is 5.13. The molecule has 1 aromatic carbocycles. The van der Waals surface area contributed by atoms with Crippen LogP contribution < -0.4 is 4.74 Å². The number of nitrogens with zero attached hydrogens (tertiary/aromatic N) is 1. The minimum atomic E-state index is -0.241. The summed E-state index contributed by atoms with van der Waals surface area (Å²) in [6.45, 7) is 5.74. The van der Waals surface area contributed by atoms with Gasteiger partial charge in [-0.3, -0.25) is 4.79 Å². The Morgan fingerprint density at radius 2 is 2.05 bits per heavy atom. The van der Waals surface area contributed by atoms with E-state index in [-0.39, 0.29) is 17.5 Å². The minimum Gasteiger partial charge on any atom is -0.490 e. The van der Waals surface area contributed by atoms with Crippen molar-refractivity contribution in [1.82, 2.24) is 0 Å². The summed E-state index contributed by atoms with van der Waals surface area (Å²) >= 11 is 1.35. The van der Waals surface area contributed by atoms with Gasteiger partial charge >= 0.3 is 0 Å². The number of ether oxygens (including phenoxy) is 1. The van der Waals surface area contributed by atoms with Crippen LogP contribution in [0, 0.1) is 18.3 Å². The van der Waals surface area contributed by atoms with Crippen LogP contribution in [0.5, 0.6) is 5.75 Å². The van der Waals surface area contributed by atoms with Gasteiger partial charge in [0.15, 0.2) is 0 Å². The molecule has 0 atom stereocenters. The summed E-state index contributed by atoms with van der Waals surface area (Å²) in [6, 6.07) is 11.3. The van der Waals surface area contributed by atoms with Crippen LogP contribution in [0.3, 0.4) is 0 Å². The highest BCUT2D eigenvalue weighted by Crippen LogP contribution is 2.25. The second kappa shape index (κ2) is 7.06. The van der Waals surface area contributed by atoms with Crippen LogP contribution in [-0.4, -0.2) is 11.9 Å². The summed E-state index contributed by atoms with van der Waals surface area (Å²) in [5.41, 5.74) is 1.74. The van der Waals surface area contributed by atoms with Gasteiger partial charge in [-0.15, -0.1) is 11.3 Å². The smallest absolute Gasteiger partial charge is 0.213 e. The van der Waals surface area contributed by atoms with E-state index in [9.17, 15) is 10.1 Å². The number of para-hydroxylation sites is 1. The predicted octanol–water partition coefficient (Wildman–Crippen LogP) is 4.63. The molecule has 0 amide bonds. The molecule has 0 aliphatic rings. The summed E-state index contributed by atoms with van der Waals surface area (Å²) in [6.07, 6.45) is 1.62. The number of ketones is 1. The van der Waals surface area contributed by atoms with E-state index in [4.69, 9.17) is 4.74 Å². The first-order valence-corrected chi connectivity index (χ1v) is 7.87. The second-order valence-electron chi connectivity index (χ2n) is 5.14. The number of carbonyl (C=O) groups is 1. The van der Waals surface area contributed by atoms with Crippen molar-refractivity contribution >= 4 is 23.2 Å². The Balaban J connectivity index is 2.40. The lowest BCUT2D eigenvalue weighted by Crippen LogP contribution is -2.07. The van der Waals surface area contributed by atoms with Gasteiger partial charge < -0.3 is 4.74 Å². The number of benzene rings is 1. The zero-order chi connectivity index (χ0) is 16.1. The number of nitriles is 1. The zero-order valence-electron chi connectivity index (χ0n) is 12.8. The maximum Gasteiger partial charge on any atom is 0.213 e. The summed E-state index contributed by atoms with van der Waals surface area (Å²) in [5.74, 6) is 0.426. The Morgan fingerprint density at radius 3 is 2.64 bits per heavy atom. The first-order valence-electron chi connectivity index (χ1n) is 6.99. The molecule has 0 aliphatic carbocycles. The summed E-state index contributed by atoms with van der Waals surface area (Å²) in [4.78, 5) is 13.1. The fourth-order valence-corrected chi connectivity index (χ4v) is 2.87. The standard InChI is InChI=1S/C18H17NO2S/c1-12(2)21-16-7-5-4-6-14(16)10-15(11-19)17(20)18-13(3)8-9-22-18/h4-10,12H,1-3H3. The molecule has 0 radical (unpaired) electrons. The Labute approximate surface area is 134 Å². The van der Waals surface area contributed by atoms with Gasteiger partial charge in [0.05, 0.1) is 11.0 Å². The molecule has 112 valence electrons. The summed E-state index contributed by atoms with van der Waals surface area (Å²) in [7, 11) is 0. The van der Waals surface area contributed by atoms with Crippen LogP contribution >= 0.6 is 11.3 Å². The molecule has 0 unspecified atom stereocenters. The second-order valence-corrected chi connectivity index (χ2v) is 6.05. The molecular formula is C18H17NO2S. The third kappa shape index (κ3) is 3.63. The maximum absolute atomic E-state index is 12.5. The molecule has 2 rings (SSSR count). The lowest BCUT2D eigenvalue weighted by molar-refractivity contribution is 0.104. The Hall–Kier alpha value is -2.38. The van der Waals surface area contributed by atoms with E-state index in [1.807, 2.05) is 62.6 Å². The molecule has 0 N–H and O–H groups in total. The molecule has 4 heteroatoms. The molecule has 2 aromatic rings. The van der Waals surface area contributed by atoms with Crippen molar-refractivity contribution in [2.24, 2.45) is 0 Å². The lowest BCUT2D eigenvalue weighted by atomic mass is 10.0. The fourth-order valence-electron chi connectivity index (χ4n) is 1.99. The molecule has 0 saturated heterocycles. The number of rotatable bonds is 5. The van der Waals surface area contributed by atoms with Crippen LogP contribution in [0.1, 0.15) is 34.6 Å². The van der Waals surface area contributed by atoms with Crippen LogP contribution in [0.4, 0.5) is 0 Å². The number of hydrogen-bond acceptors (Lipinski definition) is 4. The number of aryl methyl sites for hydroxylation is 1. The van der Waals surface area contributed by atoms with Crippen molar-refractivity contribution in [2.45, 2.75) is 26.9 Å². The van der Waals surface area contributed by atoms with Gasteiger partial charge in [0.25, 0.3) is 0 Å². The molecule has 3 nitrogen and oxygen atoms in total. The average Bonchev–Trinajstić information content (AvgIpc) is 2.91. The van der Waals surface area contributed by atoms with E-state index in [2.05, 4.69) is 0 Å². The first-order chi connectivity index (χ1) is 10.5. The number of hydrogen-bond donors (Lipinski definition) is 0. The van der Waals surface area contributed by atoms with Gasteiger partial charge in [-0.2, -0.15) is 5.26 Å². The van der Waals surface area contributed by atoms with Crippen molar-refractivity contribution in [3.05, 3.63) is 57.3 Å². The fraction of sp³-hybridized carbons (Fsp3) is 0.222.